The minimum atomic E-state index is -3.01. The van der Waals surface area contributed by atoms with Crippen LogP contribution in [0.4, 0.5) is 0 Å². The Balaban J connectivity index is 2.12. The lowest BCUT2D eigenvalue weighted by atomic mass is 9.81. The third kappa shape index (κ3) is 1.74. The van der Waals surface area contributed by atoms with Crippen LogP contribution in [0.1, 0.15) is 32.1 Å². The van der Waals surface area contributed by atoms with Gasteiger partial charge in [0.15, 0.2) is 0 Å². The summed E-state index contributed by atoms with van der Waals surface area (Å²) >= 11 is 0. The molecule has 0 aliphatic heterocycles. The van der Waals surface area contributed by atoms with Crippen LogP contribution >= 0.6 is 0 Å². The first-order valence-electron chi connectivity index (χ1n) is 5.07. The zero-order valence-corrected chi connectivity index (χ0v) is 8.81. The van der Waals surface area contributed by atoms with Crippen molar-refractivity contribution in [2.45, 2.75) is 37.4 Å². The van der Waals surface area contributed by atoms with E-state index in [0.717, 1.165) is 25.7 Å². The Morgan fingerprint density at radius 3 is 2.00 bits per heavy atom. The highest BCUT2D eigenvalue weighted by Crippen LogP contribution is 2.45. The van der Waals surface area contributed by atoms with Gasteiger partial charge in [0.1, 0.15) is 0 Å². The molecule has 0 radical (unpaired) electrons. The molecular formula is C9H17NO2S. The van der Waals surface area contributed by atoms with Crippen LogP contribution in [0.15, 0.2) is 0 Å². The molecule has 2 rings (SSSR count). The summed E-state index contributed by atoms with van der Waals surface area (Å²) < 4.78 is 25.9. The van der Waals surface area contributed by atoms with Crippen molar-refractivity contribution in [2.24, 2.45) is 11.8 Å². The topological polar surface area (TPSA) is 46.2 Å². The van der Waals surface area contributed by atoms with Gasteiger partial charge in [0.25, 0.3) is 0 Å². The van der Waals surface area contributed by atoms with Crippen LogP contribution in [0.5, 0.6) is 0 Å². The van der Waals surface area contributed by atoms with Gasteiger partial charge in [-0.15, -0.1) is 0 Å². The zero-order chi connectivity index (χ0) is 9.47. The fourth-order valence-corrected chi connectivity index (χ4v) is 4.05. The summed E-state index contributed by atoms with van der Waals surface area (Å²) in [6, 6.07) is 0. The van der Waals surface area contributed by atoms with Crippen molar-refractivity contribution in [1.29, 1.82) is 0 Å². The maximum atomic E-state index is 11.7. The summed E-state index contributed by atoms with van der Waals surface area (Å²) in [5.41, 5.74) is 0. The molecule has 3 nitrogen and oxygen atoms in total. The zero-order valence-electron chi connectivity index (χ0n) is 7.99. The normalized spacial score (nSPS) is 26.8. The van der Waals surface area contributed by atoms with Gasteiger partial charge in [-0.1, -0.05) is 6.42 Å². The Morgan fingerprint density at radius 1 is 1.15 bits per heavy atom. The summed E-state index contributed by atoms with van der Waals surface area (Å²) in [6.45, 7) is 0. The second-order valence-electron chi connectivity index (χ2n) is 4.24. The van der Waals surface area contributed by atoms with E-state index in [1.54, 1.807) is 0 Å². The highest BCUT2D eigenvalue weighted by atomic mass is 32.2. The van der Waals surface area contributed by atoms with Crippen LogP contribution < -0.4 is 4.72 Å². The van der Waals surface area contributed by atoms with Crippen LogP contribution in [0.25, 0.3) is 0 Å². The van der Waals surface area contributed by atoms with E-state index in [9.17, 15) is 8.42 Å². The molecule has 2 fully saturated rings. The van der Waals surface area contributed by atoms with Crippen LogP contribution in [-0.2, 0) is 10.0 Å². The second-order valence-corrected chi connectivity index (χ2v) is 6.28. The van der Waals surface area contributed by atoms with Crippen LogP contribution in [0.2, 0.25) is 0 Å². The smallest absolute Gasteiger partial charge is 0.214 e. The molecule has 76 valence electrons. The molecule has 1 N–H and O–H groups in total. The number of hydrogen-bond acceptors (Lipinski definition) is 2. The molecule has 1 atom stereocenters. The van der Waals surface area contributed by atoms with Gasteiger partial charge in [0, 0.05) is 0 Å². The highest BCUT2D eigenvalue weighted by Gasteiger charge is 2.45. The summed E-state index contributed by atoms with van der Waals surface area (Å²) in [5, 5.41) is -0.0775. The fourth-order valence-electron chi connectivity index (χ4n) is 2.22. The second kappa shape index (κ2) is 3.24. The van der Waals surface area contributed by atoms with Gasteiger partial charge < -0.3 is 0 Å². The number of sulfonamides is 1. The Labute approximate surface area is 80.0 Å². The molecule has 0 spiro atoms. The standard InChI is InChI=1S/C9H17NO2S/c1-10-13(11,12)9(8-5-6-8)7-3-2-4-7/h7-10H,2-6H2,1H3. The summed E-state index contributed by atoms with van der Waals surface area (Å²) in [7, 11) is -1.48. The average Bonchev–Trinajstić information content (AvgIpc) is 2.78. The molecule has 2 saturated carbocycles. The molecule has 4 heteroatoms. The minimum Gasteiger partial charge on any atom is -0.218 e. The molecule has 2 aliphatic rings. The Kier molecular flexibility index (Phi) is 2.36. The van der Waals surface area contributed by atoms with Crippen molar-refractivity contribution in [2.75, 3.05) is 7.05 Å². The molecular weight excluding hydrogens is 186 g/mol. The van der Waals surface area contributed by atoms with Crippen molar-refractivity contribution >= 4 is 10.0 Å². The van der Waals surface area contributed by atoms with E-state index in [1.807, 2.05) is 0 Å². The van der Waals surface area contributed by atoms with E-state index in [2.05, 4.69) is 4.72 Å². The van der Waals surface area contributed by atoms with Gasteiger partial charge >= 0.3 is 0 Å². The van der Waals surface area contributed by atoms with E-state index in [0.29, 0.717) is 11.8 Å². The van der Waals surface area contributed by atoms with E-state index in [1.165, 1.54) is 13.5 Å². The fraction of sp³-hybridized carbons (Fsp3) is 1.00. The quantitative estimate of drug-likeness (QED) is 0.744. The van der Waals surface area contributed by atoms with Gasteiger partial charge in [-0.25, -0.2) is 13.1 Å². The van der Waals surface area contributed by atoms with Crippen molar-refractivity contribution in [3.63, 3.8) is 0 Å². The molecule has 0 aromatic heterocycles. The van der Waals surface area contributed by atoms with Gasteiger partial charge in [0.2, 0.25) is 10.0 Å². The summed E-state index contributed by atoms with van der Waals surface area (Å²) in [5.74, 6) is 0.910. The molecule has 0 aromatic carbocycles. The molecule has 0 amide bonds. The Hall–Kier alpha value is -0.0900. The first-order chi connectivity index (χ1) is 6.15. The molecule has 0 bridgehead atoms. The third-order valence-electron chi connectivity index (χ3n) is 3.34. The van der Waals surface area contributed by atoms with Crippen LogP contribution in [0, 0.1) is 11.8 Å². The van der Waals surface area contributed by atoms with E-state index >= 15 is 0 Å². The largest absolute Gasteiger partial charge is 0.218 e. The Bertz CT molecular complexity index is 278. The first-order valence-corrected chi connectivity index (χ1v) is 6.62. The SMILES string of the molecule is CNS(=O)(=O)C(C1CCC1)C1CC1. The van der Waals surface area contributed by atoms with Gasteiger partial charge in [-0.3, -0.25) is 0 Å². The lowest BCUT2D eigenvalue weighted by Crippen LogP contribution is -2.41. The average molecular weight is 203 g/mol. The maximum Gasteiger partial charge on any atom is 0.214 e. The van der Waals surface area contributed by atoms with Crippen molar-refractivity contribution in [3.8, 4) is 0 Å². The van der Waals surface area contributed by atoms with Crippen LogP contribution in [0.3, 0.4) is 0 Å². The minimum absolute atomic E-state index is 0.0775. The van der Waals surface area contributed by atoms with E-state index < -0.39 is 10.0 Å². The number of hydrogen-bond donors (Lipinski definition) is 1. The Morgan fingerprint density at radius 2 is 1.69 bits per heavy atom. The molecule has 0 saturated heterocycles. The highest BCUT2D eigenvalue weighted by molar-refractivity contribution is 7.90. The van der Waals surface area contributed by atoms with Gasteiger partial charge in [-0.05, 0) is 44.6 Å². The van der Waals surface area contributed by atoms with E-state index in [-0.39, 0.29) is 5.25 Å². The summed E-state index contributed by atoms with van der Waals surface area (Å²) in [4.78, 5) is 0. The predicted molar refractivity (Wildman–Crippen MR) is 51.8 cm³/mol. The third-order valence-corrected chi connectivity index (χ3v) is 5.40. The first kappa shape index (κ1) is 9.46. The number of nitrogens with one attached hydrogen (secondary N) is 1. The number of rotatable bonds is 4. The lowest BCUT2D eigenvalue weighted by molar-refractivity contribution is 0.283. The monoisotopic (exact) mass is 203 g/mol. The maximum absolute atomic E-state index is 11.7. The van der Waals surface area contributed by atoms with Gasteiger partial charge in [0.05, 0.1) is 5.25 Å². The molecule has 0 aromatic rings. The van der Waals surface area contributed by atoms with Crippen molar-refractivity contribution in [1.82, 2.24) is 4.72 Å². The van der Waals surface area contributed by atoms with E-state index in [4.69, 9.17) is 0 Å². The van der Waals surface area contributed by atoms with Crippen molar-refractivity contribution in [3.05, 3.63) is 0 Å². The molecule has 2 aliphatic carbocycles. The molecule has 13 heavy (non-hydrogen) atoms. The predicted octanol–water partition coefficient (Wildman–Crippen LogP) is 1.11. The van der Waals surface area contributed by atoms with Crippen molar-refractivity contribution < 1.29 is 8.42 Å². The van der Waals surface area contributed by atoms with Gasteiger partial charge in [-0.2, -0.15) is 0 Å². The molecule has 0 heterocycles. The summed E-state index contributed by atoms with van der Waals surface area (Å²) in [6.07, 6.45) is 5.67. The molecule has 1 unspecified atom stereocenters. The van der Waals surface area contributed by atoms with Crippen LogP contribution in [-0.4, -0.2) is 20.7 Å². The lowest BCUT2D eigenvalue weighted by Gasteiger charge is -2.33.